The molecule has 0 aromatic rings. The SMILES string of the molecule is CCCCC(CC)CNC1CC(O)C1. The molecule has 0 spiro atoms. The van der Waals surface area contributed by atoms with Gasteiger partial charge in [0.1, 0.15) is 0 Å². The third-order valence-corrected chi connectivity index (χ3v) is 3.35. The van der Waals surface area contributed by atoms with Gasteiger partial charge in [0.15, 0.2) is 0 Å². The minimum Gasteiger partial charge on any atom is -0.393 e. The Hall–Kier alpha value is -0.0800. The van der Waals surface area contributed by atoms with E-state index >= 15 is 0 Å². The molecule has 1 saturated carbocycles. The summed E-state index contributed by atoms with van der Waals surface area (Å²) in [7, 11) is 0. The lowest BCUT2D eigenvalue weighted by atomic mass is 9.88. The number of aliphatic hydroxyl groups excluding tert-OH is 1. The van der Waals surface area contributed by atoms with Crippen molar-refractivity contribution >= 4 is 0 Å². The molecule has 1 unspecified atom stereocenters. The number of rotatable bonds is 7. The quantitative estimate of drug-likeness (QED) is 0.659. The maximum absolute atomic E-state index is 9.14. The topological polar surface area (TPSA) is 32.3 Å². The lowest BCUT2D eigenvalue weighted by Gasteiger charge is -2.33. The summed E-state index contributed by atoms with van der Waals surface area (Å²) in [5, 5.41) is 12.7. The minimum atomic E-state index is -0.0248. The summed E-state index contributed by atoms with van der Waals surface area (Å²) >= 11 is 0. The van der Waals surface area contributed by atoms with Crippen LogP contribution in [0, 0.1) is 5.92 Å². The minimum absolute atomic E-state index is 0.0248. The molecule has 0 radical (unpaired) electrons. The highest BCUT2D eigenvalue weighted by atomic mass is 16.3. The number of nitrogens with one attached hydrogen (secondary N) is 1. The van der Waals surface area contributed by atoms with Crippen molar-refractivity contribution in [2.45, 2.75) is 64.5 Å². The molecule has 1 fully saturated rings. The van der Waals surface area contributed by atoms with Crippen LogP contribution in [0.4, 0.5) is 0 Å². The van der Waals surface area contributed by atoms with Gasteiger partial charge in [0.25, 0.3) is 0 Å². The van der Waals surface area contributed by atoms with Gasteiger partial charge in [-0.15, -0.1) is 0 Å². The molecule has 0 aromatic heterocycles. The Kier molecular flexibility index (Phi) is 5.49. The second-order valence-corrected chi connectivity index (χ2v) is 4.65. The van der Waals surface area contributed by atoms with Crippen LogP contribution in [-0.4, -0.2) is 23.8 Å². The van der Waals surface area contributed by atoms with E-state index < -0.39 is 0 Å². The molecule has 1 atom stereocenters. The van der Waals surface area contributed by atoms with E-state index in [2.05, 4.69) is 19.2 Å². The van der Waals surface area contributed by atoms with Crippen LogP contribution in [0.5, 0.6) is 0 Å². The van der Waals surface area contributed by atoms with Crippen molar-refractivity contribution in [3.05, 3.63) is 0 Å². The molecule has 0 heterocycles. The summed E-state index contributed by atoms with van der Waals surface area (Å²) in [6.07, 6.45) is 7.20. The van der Waals surface area contributed by atoms with Crippen molar-refractivity contribution in [1.29, 1.82) is 0 Å². The van der Waals surface area contributed by atoms with Crippen molar-refractivity contribution in [2.75, 3.05) is 6.54 Å². The van der Waals surface area contributed by atoms with Gasteiger partial charge in [0.05, 0.1) is 6.10 Å². The lowest BCUT2D eigenvalue weighted by Crippen LogP contribution is -2.45. The molecule has 84 valence electrons. The molecule has 2 nitrogen and oxygen atoms in total. The fourth-order valence-corrected chi connectivity index (χ4v) is 2.03. The Labute approximate surface area is 88.1 Å². The van der Waals surface area contributed by atoms with Crippen LogP contribution in [0.25, 0.3) is 0 Å². The Morgan fingerprint density at radius 3 is 2.57 bits per heavy atom. The van der Waals surface area contributed by atoms with E-state index in [1.54, 1.807) is 0 Å². The van der Waals surface area contributed by atoms with Crippen LogP contribution in [0.1, 0.15) is 52.4 Å². The van der Waals surface area contributed by atoms with Crippen LogP contribution >= 0.6 is 0 Å². The molecule has 0 saturated heterocycles. The number of hydrogen-bond acceptors (Lipinski definition) is 2. The zero-order valence-corrected chi connectivity index (χ0v) is 9.63. The van der Waals surface area contributed by atoms with Crippen molar-refractivity contribution < 1.29 is 5.11 Å². The molecule has 1 aliphatic carbocycles. The molecule has 0 bridgehead atoms. The monoisotopic (exact) mass is 199 g/mol. The molecule has 0 aliphatic heterocycles. The second kappa shape index (κ2) is 6.41. The van der Waals surface area contributed by atoms with Gasteiger partial charge in [-0.25, -0.2) is 0 Å². The Morgan fingerprint density at radius 1 is 1.36 bits per heavy atom. The van der Waals surface area contributed by atoms with Gasteiger partial charge in [0.2, 0.25) is 0 Å². The molecule has 0 aromatic carbocycles. The number of unbranched alkanes of at least 4 members (excludes halogenated alkanes) is 1. The highest BCUT2D eigenvalue weighted by Crippen LogP contribution is 2.20. The van der Waals surface area contributed by atoms with Gasteiger partial charge in [-0.3, -0.25) is 0 Å². The average molecular weight is 199 g/mol. The predicted molar refractivity (Wildman–Crippen MR) is 60.3 cm³/mol. The van der Waals surface area contributed by atoms with Gasteiger partial charge in [-0.1, -0.05) is 33.1 Å². The van der Waals surface area contributed by atoms with Crippen LogP contribution in [0.15, 0.2) is 0 Å². The van der Waals surface area contributed by atoms with Gasteiger partial charge in [-0.2, -0.15) is 0 Å². The Bertz CT molecular complexity index is 143. The zero-order chi connectivity index (χ0) is 10.4. The van der Waals surface area contributed by atoms with E-state index in [0.717, 1.165) is 25.3 Å². The molecule has 1 rings (SSSR count). The fraction of sp³-hybridized carbons (Fsp3) is 1.00. The predicted octanol–water partition coefficient (Wildman–Crippen LogP) is 2.32. The zero-order valence-electron chi connectivity index (χ0n) is 9.63. The number of hydrogen-bond donors (Lipinski definition) is 2. The summed E-state index contributed by atoms with van der Waals surface area (Å²) in [5.41, 5.74) is 0. The third-order valence-electron chi connectivity index (χ3n) is 3.35. The molecule has 2 N–H and O–H groups in total. The molecular weight excluding hydrogens is 174 g/mol. The van der Waals surface area contributed by atoms with Crippen LogP contribution in [0.3, 0.4) is 0 Å². The van der Waals surface area contributed by atoms with E-state index in [-0.39, 0.29) is 6.10 Å². The first kappa shape index (κ1) is 12.0. The maximum Gasteiger partial charge on any atom is 0.0570 e. The van der Waals surface area contributed by atoms with Crippen LogP contribution < -0.4 is 5.32 Å². The van der Waals surface area contributed by atoms with Gasteiger partial charge < -0.3 is 10.4 Å². The summed E-state index contributed by atoms with van der Waals surface area (Å²) in [4.78, 5) is 0. The molecule has 2 heteroatoms. The van der Waals surface area contributed by atoms with Gasteiger partial charge in [0, 0.05) is 6.04 Å². The van der Waals surface area contributed by atoms with E-state index in [9.17, 15) is 0 Å². The average Bonchev–Trinajstić information content (AvgIpc) is 2.15. The van der Waals surface area contributed by atoms with E-state index in [1.807, 2.05) is 0 Å². The van der Waals surface area contributed by atoms with E-state index in [4.69, 9.17) is 5.11 Å². The van der Waals surface area contributed by atoms with Crippen molar-refractivity contribution in [3.8, 4) is 0 Å². The van der Waals surface area contributed by atoms with Gasteiger partial charge in [-0.05, 0) is 31.7 Å². The largest absolute Gasteiger partial charge is 0.393 e. The normalized spacial score (nSPS) is 28.5. The Balaban J connectivity index is 2.02. The molecular formula is C12H25NO. The van der Waals surface area contributed by atoms with E-state index in [1.165, 1.54) is 25.7 Å². The molecule has 1 aliphatic rings. The first-order valence-corrected chi connectivity index (χ1v) is 6.17. The fourth-order valence-electron chi connectivity index (χ4n) is 2.03. The smallest absolute Gasteiger partial charge is 0.0570 e. The maximum atomic E-state index is 9.14. The molecule has 0 amide bonds. The first-order valence-electron chi connectivity index (χ1n) is 6.17. The van der Waals surface area contributed by atoms with Crippen LogP contribution in [0.2, 0.25) is 0 Å². The lowest BCUT2D eigenvalue weighted by molar-refractivity contribution is 0.0606. The molecule has 14 heavy (non-hydrogen) atoms. The standard InChI is InChI=1S/C12H25NO/c1-3-5-6-10(4-2)9-13-11-7-12(14)8-11/h10-14H,3-9H2,1-2H3. The summed E-state index contributed by atoms with van der Waals surface area (Å²) in [6, 6.07) is 0.598. The highest BCUT2D eigenvalue weighted by molar-refractivity contribution is 4.84. The van der Waals surface area contributed by atoms with E-state index in [0.29, 0.717) is 6.04 Å². The summed E-state index contributed by atoms with van der Waals surface area (Å²) in [5.74, 6) is 0.840. The van der Waals surface area contributed by atoms with Crippen molar-refractivity contribution in [3.63, 3.8) is 0 Å². The van der Waals surface area contributed by atoms with Gasteiger partial charge >= 0.3 is 0 Å². The highest BCUT2D eigenvalue weighted by Gasteiger charge is 2.26. The summed E-state index contributed by atoms with van der Waals surface area (Å²) < 4.78 is 0. The van der Waals surface area contributed by atoms with Crippen LogP contribution in [-0.2, 0) is 0 Å². The first-order chi connectivity index (χ1) is 6.76. The number of aliphatic hydroxyl groups is 1. The van der Waals surface area contributed by atoms with Crippen molar-refractivity contribution in [1.82, 2.24) is 5.32 Å². The third kappa shape index (κ3) is 3.97. The van der Waals surface area contributed by atoms with Crippen molar-refractivity contribution in [2.24, 2.45) is 5.92 Å². The second-order valence-electron chi connectivity index (χ2n) is 4.65. The summed E-state index contributed by atoms with van der Waals surface area (Å²) in [6.45, 7) is 5.67. The Morgan fingerprint density at radius 2 is 2.07 bits per heavy atom.